The molecule has 29 heavy (non-hydrogen) atoms. The van der Waals surface area contributed by atoms with Gasteiger partial charge in [0.05, 0.1) is 16.8 Å². The second-order valence-corrected chi connectivity index (χ2v) is 7.54. The summed E-state index contributed by atoms with van der Waals surface area (Å²) in [6.07, 6.45) is 3.83. The molecule has 5 nitrogen and oxygen atoms in total. The number of rotatable bonds is 3. The van der Waals surface area contributed by atoms with E-state index in [0.717, 1.165) is 52.8 Å². The van der Waals surface area contributed by atoms with Gasteiger partial charge in [-0.1, -0.05) is 48.5 Å². The maximum atomic E-state index is 13.6. The Hall–Kier alpha value is -3.47. The van der Waals surface area contributed by atoms with Crippen molar-refractivity contribution in [3.63, 3.8) is 0 Å². The molecule has 0 spiro atoms. The molecule has 1 aliphatic heterocycles. The van der Waals surface area contributed by atoms with Crippen LogP contribution in [-0.2, 0) is 0 Å². The lowest BCUT2D eigenvalue weighted by molar-refractivity contribution is 0.0708. The molecule has 1 saturated heterocycles. The fraction of sp³-hybridized carbons (Fsp3) is 0.208. The Morgan fingerprint density at radius 3 is 2.69 bits per heavy atom. The molecule has 1 amide bonds. The Bertz CT molecular complexity index is 1140. The fourth-order valence-corrected chi connectivity index (χ4v) is 4.19. The number of H-pyrrole nitrogens is 1. The molecule has 1 aliphatic rings. The molecule has 0 saturated carbocycles. The minimum atomic E-state index is 0.0741. The van der Waals surface area contributed by atoms with E-state index in [0.29, 0.717) is 12.5 Å². The van der Waals surface area contributed by atoms with Crippen LogP contribution in [0.4, 0.5) is 0 Å². The second kappa shape index (κ2) is 7.51. The molecule has 0 unspecified atom stereocenters. The van der Waals surface area contributed by atoms with E-state index < -0.39 is 0 Å². The number of para-hydroxylation sites is 1. The standard InChI is InChI=1S/C24H22N4O/c29-24(28-14-6-9-18(16-28)21-12-13-25-27-21)20-15-23(17-7-2-1-3-8-17)26-22-11-5-4-10-19(20)22/h1-5,7-8,10-13,15,18H,6,9,14,16H2,(H,25,27)/t18-/m1/s1. The number of fused-ring (bicyclic) bond motifs is 1. The van der Waals surface area contributed by atoms with Gasteiger partial charge < -0.3 is 4.90 Å². The summed E-state index contributed by atoms with van der Waals surface area (Å²) >= 11 is 0. The van der Waals surface area contributed by atoms with Gasteiger partial charge in [0.15, 0.2) is 0 Å². The first-order valence-corrected chi connectivity index (χ1v) is 10.0. The van der Waals surface area contributed by atoms with Gasteiger partial charge in [0.25, 0.3) is 5.91 Å². The SMILES string of the molecule is O=C(c1cc(-c2ccccc2)nc2ccccc12)N1CCC[C@@H](c2ccn[nH]2)C1. The number of pyridine rings is 1. The number of carbonyl (C=O) groups is 1. The summed E-state index contributed by atoms with van der Waals surface area (Å²) in [7, 11) is 0. The zero-order valence-corrected chi connectivity index (χ0v) is 16.1. The van der Waals surface area contributed by atoms with Crippen molar-refractivity contribution in [2.45, 2.75) is 18.8 Å². The molecule has 1 fully saturated rings. The van der Waals surface area contributed by atoms with Gasteiger partial charge in [-0.25, -0.2) is 4.98 Å². The van der Waals surface area contributed by atoms with Gasteiger partial charge in [0, 0.05) is 41.8 Å². The topological polar surface area (TPSA) is 61.9 Å². The van der Waals surface area contributed by atoms with Gasteiger partial charge in [0.2, 0.25) is 0 Å². The normalized spacial score (nSPS) is 16.8. The number of nitrogens with zero attached hydrogens (tertiary/aromatic N) is 3. The number of aromatic nitrogens is 3. The lowest BCUT2D eigenvalue weighted by Crippen LogP contribution is -2.39. The third-order valence-electron chi connectivity index (χ3n) is 5.69. The molecule has 2 aromatic carbocycles. The largest absolute Gasteiger partial charge is 0.338 e. The van der Waals surface area contributed by atoms with Crippen LogP contribution in [0.5, 0.6) is 0 Å². The smallest absolute Gasteiger partial charge is 0.254 e. The molecule has 5 heteroatoms. The number of nitrogens with one attached hydrogen (secondary N) is 1. The van der Waals surface area contributed by atoms with E-state index in [2.05, 4.69) is 10.2 Å². The number of amides is 1. The predicted molar refractivity (Wildman–Crippen MR) is 114 cm³/mol. The van der Waals surface area contributed by atoms with E-state index in [-0.39, 0.29) is 5.91 Å². The molecule has 144 valence electrons. The quantitative estimate of drug-likeness (QED) is 0.561. The first kappa shape index (κ1) is 17.6. The zero-order valence-electron chi connectivity index (χ0n) is 16.1. The third-order valence-corrected chi connectivity index (χ3v) is 5.69. The van der Waals surface area contributed by atoms with Crippen LogP contribution in [0.2, 0.25) is 0 Å². The summed E-state index contributed by atoms with van der Waals surface area (Å²) in [5, 5.41) is 8.05. The average Bonchev–Trinajstić information content (AvgIpc) is 3.34. The number of hydrogen-bond acceptors (Lipinski definition) is 3. The van der Waals surface area contributed by atoms with Crippen molar-refractivity contribution < 1.29 is 4.79 Å². The number of carbonyl (C=O) groups excluding carboxylic acids is 1. The van der Waals surface area contributed by atoms with Gasteiger partial charge in [-0.2, -0.15) is 5.10 Å². The number of hydrogen-bond donors (Lipinski definition) is 1. The van der Waals surface area contributed by atoms with Gasteiger partial charge in [-0.3, -0.25) is 9.89 Å². The summed E-state index contributed by atoms with van der Waals surface area (Å²) < 4.78 is 0. The average molecular weight is 382 g/mol. The summed E-state index contributed by atoms with van der Waals surface area (Å²) in [6.45, 7) is 1.49. The highest BCUT2D eigenvalue weighted by atomic mass is 16.2. The van der Waals surface area contributed by atoms with Crippen molar-refractivity contribution in [3.05, 3.63) is 84.2 Å². The van der Waals surface area contributed by atoms with Crippen molar-refractivity contribution in [2.24, 2.45) is 0 Å². The molecule has 0 aliphatic carbocycles. The van der Waals surface area contributed by atoms with Crippen molar-refractivity contribution in [2.75, 3.05) is 13.1 Å². The van der Waals surface area contributed by atoms with Crippen LogP contribution in [0.25, 0.3) is 22.2 Å². The first-order chi connectivity index (χ1) is 14.3. The monoisotopic (exact) mass is 382 g/mol. The van der Waals surface area contributed by atoms with Crippen LogP contribution in [0, 0.1) is 0 Å². The molecule has 3 heterocycles. The van der Waals surface area contributed by atoms with E-state index in [9.17, 15) is 4.79 Å². The minimum Gasteiger partial charge on any atom is -0.338 e. The summed E-state index contributed by atoms with van der Waals surface area (Å²) in [5.41, 5.74) is 4.52. The van der Waals surface area contributed by atoms with Gasteiger partial charge >= 0.3 is 0 Å². The van der Waals surface area contributed by atoms with Crippen LogP contribution < -0.4 is 0 Å². The summed E-state index contributed by atoms with van der Waals surface area (Å²) in [4.78, 5) is 20.4. The molecule has 2 aromatic heterocycles. The third kappa shape index (κ3) is 3.40. The van der Waals surface area contributed by atoms with Crippen molar-refractivity contribution in [3.8, 4) is 11.3 Å². The number of likely N-dealkylation sites (tertiary alicyclic amines) is 1. The number of aromatic amines is 1. The lowest BCUT2D eigenvalue weighted by atomic mass is 9.94. The van der Waals surface area contributed by atoms with Crippen molar-refractivity contribution >= 4 is 16.8 Å². The van der Waals surface area contributed by atoms with Gasteiger partial charge in [0.1, 0.15) is 0 Å². The van der Waals surface area contributed by atoms with Crippen LogP contribution in [-0.4, -0.2) is 39.1 Å². The van der Waals surface area contributed by atoms with Crippen molar-refractivity contribution in [1.29, 1.82) is 0 Å². The molecule has 4 aromatic rings. The van der Waals surface area contributed by atoms with E-state index in [1.165, 1.54) is 0 Å². The highest BCUT2D eigenvalue weighted by Crippen LogP contribution is 2.29. The van der Waals surface area contributed by atoms with Crippen LogP contribution in [0.3, 0.4) is 0 Å². The molecule has 5 rings (SSSR count). The van der Waals surface area contributed by atoms with Crippen LogP contribution in [0.15, 0.2) is 72.9 Å². The molecule has 1 atom stereocenters. The Balaban J connectivity index is 1.54. The molecular formula is C24H22N4O. The van der Waals surface area contributed by atoms with Gasteiger partial charge in [-0.15, -0.1) is 0 Å². The lowest BCUT2D eigenvalue weighted by Gasteiger charge is -2.32. The van der Waals surface area contributed by atoms with E-state index in [1.54, 1.807) is 6.20 Å². The molecule has 0 radical (unpaired) electrons. The molecular weight excluding hydrogens is 360 g/mol. The van der Waals surface area contributed by atoms with Crippen molar-refractivity contribution in [1.82, 2.24) is 20.1 Å². The van der Waals surface area contributed by atoms with Crippen LogP contribution >= 0.6 is 0 Å². The van der Waals surface area contributed by atoms with E-state index in [1.807, 2.05) is 71.6 Å². The number of piperidine rings is 1. The zero-order chi connectivity index (χ0) is 19.6. The fourth-order valence-electron chi connectivity index (χ4n) is 4.19. The van der Waals surface area contributed by atoms with E-state index in [4.69, 9.17) is 4.98 Å². The Morgan fingerprint density at radius 2 is 1.86 bits per heavy atom. The Kier molecular flexibility index (Phi) is 4.56. The first-order valence-electron chi connectivity index (χ1n) is 10.0. The Morgan fingerprint density at radius 1 is 1.03 bits per heavy atom. The Labute approximate surface area is 169 Å². The van der Waals surface area contributed by atoms with Gasteiger partial charge in [-0.05, 0) is 31.0 Å². The molecule has 1 N–H and O–H groups in total. The highest BCUT2D eigenvalue weighted by Gasteiger charge is 2.27. The summed E-state index contributed by atoms with van der Waals surface area (Å²) in [5.74, 6) is 0.377. The maximum Gasteiger partial charge on any atom is 0.254 e. The minimum absolute atomic E-state index is 0.0741. The summed E-state index contributed by atoms with van der Waals surface area (Å²) in [6, 6.07) is 21.9. The van der Waals surface area contributed by atoms with Crippen LogP contribution in [0.1, 0.15) is 34.8 Å². The molecule has 0 bridgehead atoms. The van der Waals surface area contributed by atoms with E-state index >= 15 is 0 Å². The second-order valence-electron chi connectivity index (χ2n) is 7.54. The number of benzene rings is 2. The highest BCUT2D eigenvalue weighted by molar-refractivity contribution is 6.07. The predicted octanol–water partition coefficient (Wildman–Crippen LogP) is 4.64. The maximum absolute atomic E-state index is 13.6.